The lowest BCUT2D eigenvalue weighted by Gasteiger charge is -2.12. The maximum absolute atomic E-state index is 6.19. The van der Waals surface area contributed by atoms with Crippen molar-refractivity contribution in [2.75, 3.05) is 7.11 Å². The van der Waals surface area contributed by atoms with Crippen LogP contribution in [0.5, 0.6) is 5.75 Å². The third kappa shape index (κ3) is 2.80. The number of hydrogen-bond acceptors (Lipinski definition) is 2. The number of furan rings is 1. The van der Waals surface area contributed by atoms with Gasteiger partial charge in [-0.1, -0.05) is 39.1 Å². The van der Waals surface area contributed by atoms with E-state index < -0.39 is 0 Å². The van der Waals surface area contributed by atoms with E-state index in [2.05, 4.69) is 15.9 Å². The molecule has 0 fully saturated rings. The highest BCUT2D eigenvalue weighted by molar-refractivity contribution is 9.09. The summed E-state index contributed by atoms with van der Waals surface area (Å²) in [5.41, 5.74) is 0.786. The molecule has 0 aliphatic heterocycles. The zero-order valence-corrected chi connectivity index (χ0v) is 13.1. The Bertz CT molecular complexity index is 568. The van der Waals surface area contributed by atoms with Crippen molar-refractivity contribution in [1.82, 2.24) is 0 Å². The van der Waals surface area contributed by atoms with Crippen LogP contribution < -0.4 is 4.74 Å². The molecule has 2 rings (SSSR count). The second-order valence-electron chi connectivity index (χ2n) is 3.51. The largest absolute Gasteiger partial charge is 0.495 e. The molecule has 6 heteroatoms. The molecule has 0 saturated heterocycles. The van der Waals surface area contributed by atoms with Gasteiger partial charge in [0, 0.05) is 11.1 Å². The van der Waals surface area contributed by atoms with Gasteiger partial charge in [0.25, 0.3) is 0 Å². The first-order valence-electron chi connectivity index (χ1n) is 4.95. The van der Waals surface area contributed by atoms with Crippen molar-refractivity contribution in [3.8, 4) is 5.75 Å². The minimum atomic E-state index is -0.221. The normalized spacial score (nSPS) is 12.5. The van der Waals surface area contributed by atoms with Crippen molar-refractivity contribution >= 4 is 50.7 Å². The standard InChI is InChI=1S/C12H8BrCl3O2/c1-17-10-5-7(14)6(4-8(10)15)12(13)9-2-3-11(16)18-9/h2-5,12H,1H3. The molecule has 1 atom stereocenters. The maximum Gasteiger partial charge on any atom is 0.193 e. The van der Waals surface area contributed by atoms with Crippen LogP contribution >= 0.6 is 50.7 Å². The highest BCUT2D eigenvalue weighted by atomic mass is 79.9. The quantitative estimate of drug-likeness (QED) is 0.644. The molecule has 18 heavy (non-hydrogen) atoms. The molecular formula is C12H8BrCl3O2. The van der Waals surface area contributed by atoms with Gasteiger partial charge in [-0.05, 0) is 35.4 Å². The highest BCUT2D eigenvalue weighted by Gasteiger charge is 2.19. The molecule has 2 aromatic rings. The van der Waals surface area contributed by atoms with E-state index in [9.17, 15) is 0 Å². The van der Waals surface area contributed by atoms with Crippen LogP contribution in [0.15, 0.2) is 28.7 Å². The van der Waals surface area contributed by atoms with Gasteiger partial charge in [-0.3, -0.25) is 0 Å². The topological polar surface area (TPSA) is 22.4 Å². The van der Waals surface area contributed by atoms with Crippen LogP contribution in [0, 0.1) is 0 Å². The van der Waals surface area contributed by atoms with E-state index in [1.54, 1.807) is 24.3 Å². The van der Waals surface area contributed by atoms with Gasteiger partial charge in [0.1, 0.15) is 11.5 Å². The summed E-state index contributed by atoms with van der Waals surface area (Å²) < 4.78 is 10.4. The molecule has 2 nitrogen and oxygen atoms in total. The number of rotatable bonds is 3. The lowest BCUT2D eigenvalue weighted by atomic mass is 10.1. The molecule has 0 radical (unpaired) electrons. The molecule has 0 spiro atoms. The summed E-state index contributed by atoms with van der Waals surface area (Å²) >= 11 is 21.5. The summed E-state index contributed by atoms with van der Waals surface area (Å²) in [5, 5.41) is 1.34. The average molecular weight is 370 g/mol. The van der Waals surface area contributed by atoms with Crippen LogP contribution in [-0.4, -0.2) is 7.11 Å². The van der Waals surface area contributed by atoms with Gasteiger partial charge >= 0.3 is 0 Å². The fraction of sp³-hybridized carbons (Fsp3) is 0.167. The fourth-order valence-corrected chi connectivity index (χ4v) is 2.93. The number of halogens is 4. The summed E-state index contributed by atoms with van der Waals surface area (Å²) in [6.45, 7) is 0. The van der Waals surface area contributed by atoms with E-state index in [-0.39, 0.29) is 4.83 Å². The molecule has 0 N–H and O–H groups in total. The van der Waals surface area contributed by atoms with E-state index in [4.69, 9.17) is 44.0 Å². The fourth-order valence-electron chi connectivity index (χ4n) is 1.51. The van der Waals surface area contributed by atoms with E-state index >= 15 is 0 Å². The SMILES string of the molecule is COc1cc(Cl)c(C(Br)c2ccc(Cl)o2)cc1Cl. The Morgan fingerprint density at radius 1 is 1.17 bits per heavy atom. The zero-order chi connectivity index (χ0) is 13.3. The van der Waals surface area contributed by atoms with Crippen LogP contribution in [0.4, 0.5) is 0 Å². The van der Waals surface area contributed by atoms with Crippen molar-refractivity contribution in [3.05, 3.63) is 50.9 Å². The van der Waals surface area contributed by atoms with Gasteiger partial charge in [-0.25, -0.2) is 0 Å². The minimum absolute atomic E-state index is 0.221. The monoisotopic (exact) mass is 368 g/mol. The van der Waals surface area contributed by atoms with Crippen LogP contribution in [0.2, 0.25) is 15.3 Å². The van der Waals surface area contributed by atoms with Gasteiger partial charge in [0.15, 0.2) is 5.22 Å². The van der Waals surface area contributed by atoms with E-state index in [1.165, 1.54) is 7.11 Å². The van der Waals surface area contributed by atoms with Gasteiger partial charge in [0.05, 0.1) is 17.0 Å². The van der Waals surface area contributed by atoms with E-state index in [0.29, 0.717) is 26.8 Å². The number of hydrogen-bond donors (Lipinski definition) is 0. The second-order valence-corrected chi connectivity index (χ2v) is 5.62. The average Bonchev–Trinajstić information content (AvgIpc) is 2.77. The summed E-state index contributed by atoms with van der Waals surface area (Å²) in [6, 6.07) is 6.84. The van der Waals surface area contributed by atoms with Crippen molar-refractivity contribution in [1.29, 1.82) is 0 Å². The molecule has 1 aromatic carbocycles. The predicted molar refractivity (Wildman–Crippen MR) is 77.5 cm³/mol. The highest BCUT2D eigenvalue weighted by Crippen LogP contribution is 2.40. The van der Waals surface area contributed by atoms with Crippen molar-refractivity contribution < 1.29 is 9.15 Å². The molecule has 0 saturated carbocycles. The van der Waals surface area contributed by atoms with Crippen molar-refractivity contribution in [2.24, 2.45) is 0 Å². The second kappa shape index (κ2) is 5.74. The molecule has 96 valence electrons. The Labute approximate surface area is 128 Å². The Morgan fingerprint density at radius 2 is 1.89 bits per heavy atom. The first kappa shape index (κ1) is 14.1. The van der Waals surface area contributed by atoms with Gasteiger partial charge in [-0.2, -0.15) is 0 Å². The molecule has 1 unspecified atom stereocenters. The number of ether oxygens (including phenoxy) is 1. The molecular weight excluding hydrogens is 362 g/mol. The third-order valence-electron chi connectivity index (χ3n) is 2.39. The number of alkyl halides is 1. The molecule has 1 heterocycles. The summed E-state index contributed by atoms with van der Waals surface area (Å²) in [4.78, 5) is -0.221. The first-order chi connectivity index (χ1) is 8.52. The summed E-state index contributed by atoms with van der Waals surface area (Å²) in [5.74, 6) is 1.19. The molecule has 0 aliphatic carbocycles. The van der Waals surface area contributed by atoms with Crippen molar-refractivity contribution in [3.63, 3.8) is 0 Å². The summed E-state index contributed by atoms with van der Waals surface area (Å²) in [7, 11) is 1.54. The van der Waals surface area contributed by atoms with Crippen LogP contribution in [-0.2, 0) is 0 Å². The van der Waals surface area contributed by atoms with Gasteiger partial charge in [-0.15, -0.1) is 0 Å². The number of benzene rings is 1. The Hall–Kier alpha value is -0.350. The maximum atomic E-state index is 6.19. The molecule has 0 amide bonds. The van der Waals surface area contributed by atoms with Crippen LogP contribution in [0.1, 0.15) is 16.2 Å². The molecule has 0 aliphatic rings. The lowest BCUT2D eigenvalue weighted by molar-refractivity contribution is 0.415. The smallest absolute Gasteiger partial charge is 0.193 e. The predicted octanol–water partition coefficient (Wildman–Crippen LogP) is 5.73. The third-order valence-corrected chi connectivity index (χ3v) is 4.16. The first-order valence-corrected chi connectivity index (χ1v) is 7.00. The van der Waals surface area contributed by atoms with E-state index in [1.807, 2.05) is 0 Å². The van der Waals surface area contributed by atoms with Gasteiger partial charge < -0.3 is 9.15 Å². The Morgan fingerprint density at radius 3 is 2.44 bits per heavy atom. The van der Waals surface area contributed by atoms with Crippen LogP contribution in [0.3, 0.4) is 0 Å². The number of methoxy groups -OCH3 is 1. The van der Waals surface area contributed by atoms with Gasteiger partial charge in [0.2, 0.25) is 0 Å². The Balaban J connectivity index is 2.42. The zero-order valence-electron chi connectivity index (χ0n) is 9.22. The minimum Gasteiger partial charge on any atom is -0.495 e. The molecule has 1 aromatic heterocycles. The Kier molecular flexibility index (Phi) is 4.49. The van der Waals surface area contributed by atoms with Crippen molar-refractivity contribution in [2.45, 2.75) is 4.83 Å². The van der Waals surface area contributed by atoms with E-state index in [0.717, 1.165) is 5.56 Å². The van der Waals surface area contributed by atoms with Crippen LogP contribution in [0.25, 0.3) is 0 Å². The lowest BCUT2D eigenvalue weighted by Crippen LogP contribution is -1.94. The molecule has 0 bridgehead atoms. The summed E-state index contributed by atoms with van der Waals surface area (Å²) in [6.07, 6.45) is 0.